The van der Waals surface area contributed by atoms with E-state index in [0.29, 0.717) is 0 Å². The van der Waals surface area contributed by atoms with Crippen LogP contribution in [0.2, 0.25) is 0 Å². The standard InChI is InChI=1S/C13H12N2S.CH4/c1-7-4-10-11(5-8(7)2)15-12(10)13-14-9(3)6-16-13;/h4-6H,1-3H3;1H4. The summed E-state index contributed by atoms with van der Waals surface area (Å²) in [4.78, 5) is 9.01. The summed E-state index contributed by atoms with van der Waals surface area (Å²) in [5.41, 5.74) is 7.09. The first-order valence-corrected chi connectivity index (χ1v) is 6.16. The van der Waals surface area contributed by atoms with Crippen molar-refractivity contribution >= 4 is 22.7 Å². The zero-order chi connectivity index (χ0) is 11.3. The Kier molecular flexibility index (Phi) is 2.87. The van der Waals surface area contributed by atoms with E-state index in [-0.39, 0.29) is 7.43 Å². The van der Waals surface area contributed by atoms with E-state index < -0.39 is 0 Å². The van der Waals surface area contributed by atoms with Crippen LogP contribution in [-0.4, -0.2) is 10.7 Å². The maximum Gasteiger partial charge on any atom is 0.142 e. The lowest BCUT2D eigenvalue weighted by molar-refractivity contribution is 1.23. The molecule has 0 bridgehead atoms. The summed E-state index contributed by atoms with van der Waals surface area (Å²) in [6, 6.07) is 4.36. The maximum atomic E-state index is 4.54. The Morgan fingerprint density at radius 2 is 1.76 bits per heavy atom. The second-order valence-corrected chi connectivity index (χ2v) is 5.07. The predicted octanol–water partition coefficient (Wildman–Crippen LogP) is 4.19. The number of hydrogen-bond acceptors (Lipinski definition) is 3. The minimum absolute atomic E-state index is 0. The van der Waals surface area contributed by atoms with Gasteiger partial charge in [-0.3, -0.25) is 0 Å². The first-order valence-electron chi connectivity index (χ1n) is 5.28. The van der Waals surface area contributed by atoms with Crippen molar-refractivity contribution in [2.75, 3.05) is 0 Å². The Labute approximate surface area is 106 Å². The van der Waals surface area contributed by atoms with Crippen molar-refractivity contribution in [3.05, 3.63) is 44.9 Å². The van der Waals surface area contributed by atoms with E-state index in [1.807, 2.05) is 6.92 Å². The maximum absolute atomic E-state index is 4.54. The summed E-state index contributed by atoms with van der Waals surface area (Å²) in [5.74, 6) is 0. The van der Waals surface area contributed by atoms with Crippen LogP contribution in [0.25, 0.3) is 0 Å². The van der Waals surface area contributed by atoms with Gasteiger partial charge in [0.1, 0.15) is 10.7 Å². The van der Waals surface area contributed by atoms with Crippen molar-refractivity contribution in [2.24, 2.45) is 4.99 Å². The molecule has 1 aliphatic heterocycles. The SMILES string of the molecule is C.Cc1csc(C2=Nc3cc(C)c(C)cc32)n1. The normalized spacial score (nSPS) is 12.3. The molecular formula is C14H16N2S. The molecule has 0 aliphatic carbocycles. The Balaban J connectivity index is 0.00000108. The van der Waals surface area contributed by atoms with E-state index in [0.717, 1.165) is 22.1 Å². The number of aromatic nitrogens is 1. The molecule has 3 heteroatoms. The number of hydrogen-bond donors (Lipinski definition) is 0. The van der Waals surface area contributed by atoms with Crippen LogP contribution < -0.4 is 0 Å². The van der Waals surface area contributed by atoms with Gasteiger partial charge in [0.25, 0.3) is 0 Å². The zero-order valence-electron chi connectivity index (χ0n) is 9.53. The Morgan fingerprint density at radius 3 is 2.41 bits per heavy atom. The first-order chi connectivity index (χ1) is 7.65. The summed E-state index contributed by atoms with van der Waals surface area (Å²) in [6.45, 7) is 6.27. The molecule has 2 aromatic rings. The van der Waals surface area contributed by atoms with Crippen LogP contribution in [0, 0.1) is 20.8 Å². The molecule has 88 valence electrons. The quantitative estimate of drug-likeness (QED) is 0.630. The van der Waals surface area contributed by atoms with Gasteiger partial charge in [0.2, 0.25) is 0 Å². The molecule has 1 aromatic carbocycles. The molecule has 2 heterocycles. The van der Waals surface area contributed by atoms with Gasteiger partial charge in [-0.1, -0.05) is 7.43 Å². The van der Waals surface area contributed by atoms with E-state index in [9.17, 15) is 0 Å². The summed E-state index contributed by atoms with van der Waals surface area (Å²) in [6.07, 6.45) is 0. The monoisotopic (exact) mass is 244 g/mol. The number of aryl methyl sites for hydroxylation is 3. The molecule has 0 saturated heterocycles. The number of thiazole rings is 1. The topological polar surface area (TPSA) is 25.2 Å². The van der Waals surface area contributed by atoms with Crippen LogP contribution in [0.4, 0.5) is 5.69 Å². The highest BCUT2D eigenvalue weighted by Gasteiger charge is 2.23. The molecule has 1 aromatic heterocycles. The third-order valence-electron chi connectivity index (χ3n) is 2.92. The lowest BCUT2D eigenvalue weighted by atomic mass is 9.97. The van der Waals surface area contributed by atoms with E-state index in [1.54, 1.807) is 11.3 Å². The van der Waals surface area contributed by atoms with Gasteiger partial charge in [0.15, 0.2) is 0 Å². The van der Waals surface area contributed by atoms with Crippen molar-refractivity contribution < 1.29 is 0 Å². The number of fused-ring (bicyclic) bond motifs is 1. The number of rotatable bonds is 1. The largest absolute Gasteiger partial charge is 0.244 e. The third kappa shape index (κ3) is 1.80. The third-order valence-corrected chi connectivity index (χ3v) is 3.89. The van der Waals surface area contributed by atoms with Gasteiger partial charge in [-0.05, 0) is 44.0 Å². The Morgan fingerprint density at radius 1 is 1.06 bits per heavy atom. The van der Waals surface area contributed by atoms with E-state index in [4.69, 9.17) is 0 Å². The lowest BCUT2D eigenvalue weighted by Crippen LogP contribution is -2.11. The molecule has 0 saturated carbocycles. The van der Waals surface area contributed by atoms with Crippen LogP contribution in [0.15, 0.2) is 22.5 Å². The molecule has 0 radical (unpaired) electrons. The summed E-state index contributed by atoms with van der Waals surface area (Å²) in [7, 11) is 0. The molecule has 0 atom stereocenters. The number of aliphatic imine (C=N–C) groups is 1. The van der Waals surface area contributed by atoms with Gasteiger partial charge in [-0.15, -0.1) is 11.3 Å². The van der Waals surface area contributed by atoms with E-state index >= 15 is 0 Å². The fourth-order valence-electron chi connectivity index (χ4n) is 1.84. The molecule has 17 heavy (non-hydrogen) atoms. The van der Waals surface area contributed by atoms with Crippen molar-refractivity contribution in [2.45, 2.75) is 28.2 Å². The fourth-order valence-corrected chi connectivity index (χ4v) is 2.64. The second kappa shape index (κ2) is 4.08. The fraction of sp³-hybridized carbons (Fsp3) is 0.286. The van der Waals surface area contributed by atoms with Crippen LogP contribution in [0.1, 0.15) is 34.8 Å². The summed E-state index contributed by atoms with van der Waals surface area (Å²) < 4.78 is 0. The molecular weight excluding hydrogens is 228 g/mol. The van der Waals surface area contributed by atoms with Gasteiger partial charge >= 0.3 is 0 Å². The van der Waals surface area contributed by atoms with Crippen molar-refractivity contribution in [1.29, 1.82) is 0 Å². The van der Waals surface area contributed by atoms with Crippen molar-refractivity contribution in [1.82, 2.24) is 4.98 Å². The predicted molar refractivity (Wildman–Crippen MR) is 74.8 cm³/mol. The molecule has 0 fully saturated rings. The lowest BCUT2D eigenvalue weighted by Gasteiger charge is -2.18. The average Bonchev–Trinajstić information content (AvgIpc) is 2.64. The molecule has 0 spiro atoms. The highest BCUT2D eigenvalue weighted by molar-refractivity contribution is 7.12. The number of benzene rings is 1. The summed E-state index contributed by atoms with van der Waals surface area (Å²) >= 11 is 1.67. The minimum Gasteiger partial charge on any atom is -0.244 e. The zero-order valence-corrected chi connectivity index (χ0v) is 10.4. The van der Waals surface area contributed by atoms with Gasteiger partial charge in [-0.25, -0.2) is 9.98 Å². The van der Waals surface area contributed by atoms with Crippen molar-refractivity contribution in [3.8, 4) is 0 Å². The average molecular weight is 244 g/mol. The van der Waals surface area contributed by atoms with Crippen molar-refractivity contribution in [3.63, 3.8) is 0 Å². The number of nitrogens with zero attached hydrogens (tertiary/aromatic N) is 2. The molecule has 0 amide bonds. The molecule has 3 rings (SSSR count). The molecule has 2 nitrogen and oxygen atoms in total. The van der Waals surface area contributed by atoms with Gasteiger partial charge < -0.3 is 0 Å². The van der Waals surface area contributed by atoms with Crippen LogP contribution in [0.5, 0.6) is 0 Å². The van der Waals surface area contributed by atoms with Gasteiger partial charge in [-0.2, -0.15) is 0 Å². The molecule has 0 N–H and O–H groups in total. The molecule has 0 unspecified atom stereocenters. The highest BCUT2D eigenvalue weighted by atomic mass is 32.1. The second-order valence-electron chi connectivity index (χ2n) is 4.21. The smallest absolute Gasteiger partial charge is 0.142 e. The van der Waals surface area contributed by atoms with Gasteiger partial charge in [0, 0.05) is 16.6 Å². The Bertz CT molecular complexity index is 609. The first kappa shape index (κ1) is 12.0. The summed E-state index contributed by atoms with van der Waals surface area (Å²) in [5, 5.41) is 3.10. The van der Waals surface area contributed by atoms with Gasteiger partial charge in [0.05, 0.1) is 5.69 Å². The Hall–Kier alpha value is -1.48. The van der Waals surface area contributed by atoms with Crippen LogP contribution in [-0.2, 0) is 0 Å². The highest BCUT2D eigenvalue weighted by Crippen LogP contribution is 2.35. The molecule has 1 aliphatic rings. The van der Waals surface area contributed by atoms with Crippen LogP contribution >= 0.6 is 11.3 Å². The van der Waals surface area contributed by atoms with E-state index in [1.165, 1.54) is 16.7 Å². The van der Waals surface area contributed by atoms with E-state index in [2.05, 4.69) is 41.3 Å². The van der Waals surface area contributed by atoms with Crippen LogP contribution in [0.3, 0.4) is 0 Å². The minimum atomic E-state index is 0.